The van der Waals surface area contributed by atoms with Crippen LogP contribution < -0.4 is 4.72 Å². The summed E-state index contributed by atoms with van der Waals surface area (Å²) in [5, 5.41) is 19.6. The van der Waals surface area contributed by atoms with Crippen molar-refractivity contribution in [1.29, 1.82) is 0 Å². The maximum Gasteiger partial charge on any atom is 0.435 e. The van der Waals surface area contributed by atoms with Gasteiger partial charge in [0.15, 0.2) is 5.69 Å². The zero-order valence-corrected chi connectivity index (χ0v) is 24.0. The fourth-order valence-corrected chi connectivity index (χ4v) is 4.21. The number of hydrogen-bond acceptors (Lipinski definition) is 10. The number of nitrogens with zero attached hydrogens (tertiary/aromatic N) is 5. The van der Waals surface area contributed by atoms with Crippen LogP contribution in [-0.2, 0) is 35.3 Å². The third kappa shape index (κ3) is 8.81. The van der Waals surface area contributed by atoms with Crippen molar-refractivity contribution < 1.29 is 50.5 Å². The van der Waals surface area contributed by atoms with Crippen molar-refractivity contribution in [3.63, 3.8) is 0 Å². The minimum Gasteiger partial charge on any atom is -0.569 e. The van der Waals surface area contributed by atoms with Crippen LogP contribution in [0.1, 0.15) is 25.1 Å². The molecule has 1 heterocycles. The lowest BCUT2D eigenvalue weighted by atomic mass is 10.1. The van der Waals surface area contributed by atoms with E-state index in [1.807, 2.05) is 6.92 Å². The number of likely N-dealkylation sites (N-methyl/N-ethyl adjacent to an activating group) is 1. The quantitative estimate of drug-likeness (QED) is 0.0820. The first-order chi connectivity index (χ1) is 20.1. The molecular formula is C25H27F3N6O8S. The molecule has 0 spiro atoms. The normalized spacial score (nSPS) is 12.8. The lowest BCUT2D eigenvalue weighted by molar-refractivity contribution is -0.713. The van der Waals surface area contributed by atoms with E-state index in [0.717, 1.165) is 40.4 Å². The van der Waals surface area contributed by atoms with Crippen molar-refractivity contribution in [3.05, 3.63) is 71.1 Å². The summed E-state index contributed by atoms with van der Waals surface area (Å²) < 4.78 is 77.8. The van der Waals surface area contributed by atoms with Crippen molar-refractivity contribution in [3.8, 4) is 16.9 Å². The van der Waals surface area contributed by atoms with Gasteiger partial charge in [-0.2, -0.15) is 18.3 Å². The summed E-state index contributed by atoms with van der Waals surface area (Å²) in [5.74, 6) is -0.649. The third-order valence-corrected chi connectivity index (χ3v) is 7.09. The van der Waals surface area contributed by atoms with Crippen LogP contribution in [0.15, 0.2) is 64.8 Å². The van der Waals surface area contributed by atoms with E-state index >= 15 is 0 Å². The van der Waals surface area contributed by atoms with E-state index in [2.05, 4.69) is 20.0 Å². The van der Waals surface area contributed by atoms with E-state index in [0.29, 0.717) is 5.56 Å². The standard InChI is InChI=1S/C25H27F3N6O8S/c1-16-5-7-19(8-6-16)22-13-23(25(26,27)28)29-33(22)20-9-11-21(12-10-20)43(38,39)30-24(36)40-14-17(2)32(4)34(37)31-42-15-41-18(3)35/h5-13,17H,14-15H2,1-4H3,(H,30,36)/b34-31-/t17-/m0/s1. The zero-order valence-electron chi connectivity index (χ0n) is 23.2. The number of aromatic nitrogens is 2. The first-order valence-corrected chi connectivity index (χ1v) is 13.8. The second-order valence-electron chi connectivity index (χ2n) is 9.03. The van der Waals surface area contributed by atoms with E-state index in [1.165, 1.54) is 26.1 Å². The van der Waals surface area contributed by atoms with E-state index in [4.69, 9.17) is 4.74 Å². The predicted octanol–water partition coefficient (Wildman–Crippen LogP) is 3.93. The average molecular weight is 629 g/mol. The number of carbonyl (C=O) groups is 2. The average Bonchev–Trinajstić information content (AvgIpc) is 3.40. The molecular weight excluding hydrogens is 601 g/mol. The van der Waals surface area contributed by atoms with Crippen LogP contribution in [-0.4, -0.2) is 66.7 Å². The maximum absolute atomic E-state index is 13.4. The summed E-state index contributed by atoms with van der Waals surface area (Å²) in [7, 11) is -3.17. The fraction of sp³-hybridized carbons (Fsp3) is 0.320. The van der Waals surface area contributed by atoms with Gasteiger partial charge >= 0.3 is 18.2 Å². The highest BCUT2D eigenvalue weighted by molar-refractivity contribution is 7.90. The van der Waals surface area contributed by atoms with Crippen molar-refractivity contribution in [1.82, 2.24) is 19.5 Å². The smallest absolute Gasteiger partial charge is 0.435 e. The Labute approximate surface area is 243 Å². The zero-order chi connectivity index (χ0) is 31.9. The first kappa shape index (κ1) is 32.6. The van der Waals surface area contributed by atoms with Crippen molar-refractivity contribution in [2.45, 2.75) is 37.9 Å². The molecule has 1 N–H and O–H groups in total. The van der Waals surface area contributed by atoms with Gasteiger partial charge in [0.25, 0.3) is 16.8 Å². The highest BCUT2D eigenvalue weighted by Crippen LogP contribution is 2.33. The number of esters is 1. The number of alkyl halides is 3. The molecule has 0 fully saturated rings. The summed E-state index contributed by atoms with van der Waals surface area (Å²) in [5.41, 5.74) is 0.488. The Hall–Kier alpha value is -4.87. The van der Waals surface area contributed by atoms with Gasteiger partial charge < -0.3 is 19.5 Å². The Bertz CT molecular complexity index is 1580. The molecule has 18 heteroatoms. The van der Waals surface area contributed by atoms with Gasteiger partial charge in [-0.3, -0.25) is 4.79 Å². The number of hydrogen-bond donors (Lipinski definition) is 1. The van der Waals surface area contributed by atoms with E-state index in [-0.39, 0.29) is 21.2 Å². The number of ether oxygens (including phenoxy) is 2. The Morgan fingerprint density at radius 2 is 1.77 bits per heavy atom. The van der Waals surface area contributed by atoms with E-state index in [1.54, 1.807) is 29.0 Å². The molecule has 0 aliphatic carbocycles. The highest BCUT2D eigenvalue weighted by atomic mass is 32.2. The number of amides is 1. The monoisotopic (exact) mass is 628 g/mol. The van der Waals surface area contributed by atoms with Crippen LogP contribution in [0.25, 0.3) is 16.9 Å². The topological polar surface area (TPSA) is 167 Å². The maximum atomic E-state index is 13.4. The Morgan fingerprint density at radius 3 is 2.35 bits per heavy atom. The molecule has 14 nitrogen and oxygen atoms in total. The van der Waals surface area contributed by atoms with Gasteiger partial charge in [-0.25, -0.2) is 22.6 Å². The van der Waals surface area contributed by atoms with Crippen molar-refractivity contribution in [2.75, 3.05) is 20.4 Å². The third-order valence-electron chi connectivity index (χ3n) is 5.76. The number of rotatable bonds is 11. The molecule has 232 valence electrons. The first-order valence-electron chi connectivity index (χ1n) is 12.3. The van der Waals surface area contributed by atoms with Gasteiger partial charge in [0, 0.05) is 12.5 Å². The van der Waals surface area contributed by atoms with Crippen molar-refractivity contribution >= 4 is 22.1 Å². The summed E-state index contributed by atoms with van der Waals surface area (Å²) in [6, 6.07) is 11.5. The highest BCUT2D eigenvalue weighted by Gasteiger charge is 2.35. The van der Waals surface area contributed by atoms with E-state index < -0.39 is 53.4 Å². The molecule has 0 unspecified atom stereocenters. The molecule has 43 heavy (non-hydrogen) atoms. The molecule has 1 atom stereocenters. The van der Waals surface area contributed by atoms with Crippen LogP contribution in [0.2, 0.25) is 0 Å². The number of nitrogens with one attached hydrogen (secondary N) is 1. The lowest BCUT2D eigenvalue weighted by Crippen LogP contribution is -2.40. The number of carbonyl (C=O) groups excluding carboxylic acids is 2. The molecule has 0 saturated heterocycles. The van der Waals surface area contributed by atoms with E-state index in [9.17, 15) is 36.4 Å². The van der Waals surface area contributed by atoms with Gasteiger partial charge in [-0.15, -0.1) is 5.01 Å². The second-order valence-corrected chi connectivity index (χ2v) is 10.7. The molecule has 2 aromatic carbocycles. The minimum absolute atomic E-state index is 0.00472. The van der Waals surface area contributed by atoms with Gasteiger partial charge in [-0.05, 0) is 44.2 Å². The van der Waals surface area contributed by atoms with Gasteiger partial charge in [0.2, 0.25) is 5.28 Å². The van der Waals surface area contributed by atoms with Crippen LogP contribution in [0.4, 0.5) is 18.0 Å². The van der Waals surface area contributed by atoms with Gasteiger partial charge in [0.1, 0.15) is 12.6 Å². The Balaban J connectivity index is 1.68. The van der Waals surface area contributed by atoms with Gasteiger partial charge in [0.05, 0.1) is 28.3 Å². The Morgan fingerprint density at radius 1 is 1.14 bits per heavy atom. The molecule has 0 radical (unpaired) electrons. The number of hydrazine groups is 1. The Kier molecular flexibility index (Phi) is 10.2. The summed E-state index contributed by atoms with van der Waals surface area (Å²) >= 11 is 0. The number of sulfonamides is 1. The minimum atomic E-state index is -4.72. The van der Waals surface area contributed by atoms with Crippen LogP contribution in [0, 0.1) is 12.1 Å². The SMILES string of the molecule is CC(=O)OCO/N=[N+](\[O-])N(C)[C@@H](C)COC(=O)NS(=O)(=O)c1ccc(-n2nc(C(F)(F)F)cc2-c2ccc(C)cc2)cc1. The second kappa shape index (κ2) is 13.4. The molecule has 0 aliphatic heterocycles. The van der Waals surface area contributed by atoms with Crippen LogP contribution in [0.3, 0.4) is 0 Å². The molecule has 0 aliphatic rings. The number of aryl methyl sites for hydroxylation is 1. The molecule has 3 aromatic rings. The summed E-state index contributed by atoms with van der Waals surface area (Å²) in [6.45, 7) is 3.37. The van der Waals surface area contributed by atoms with Gasteiger partial charge in [-0.1, -0.05) is 29.8 Å². The molecule has 3 rings (SSSR count). The molecule has 1 aromatic heterocycles. The molecule has 1 amide bonds. The fourth-order valence-electron chi connectivity index (χ4n) is 3.32. The van der Waals surface area contributed by atoms with Crippen LogP contribution in [0.5, 0.6) is 0 Å². The summed E-state index contributed by atoms with van der Waals surface area (Å²) in [6.07, 6.45) is -6.07. The number of halogens is 3. The van der Waals surface area contributed by atoms with Crippen LogP contribution >= 0.6 is 0 Å². The molecule has 0 bridgehead atoms. The number of benzene rings is 2. The molecule has 0 saturated carbocycles. The van der Waals surface area contributed by atoms with Crippen molar-refractivity contribution in [2.24, 2.45) is 5.28 Å². The lowest BCUT2D eigenvalue weighted by Gasteiger charge is -2.20. The largest absolute Gasteiger partial charge is 0.569 e. The predicted molar refractivity (Wildman–Crippen MR) is 141 cm³/mol. The summed E-state index contributed by atoms with van der Waals surface area (Å²) in [4.78, 5) is 27.0.